The Bertz CT molecular complexity index is 614. The summed E-state index contributed by atoms with van der Waals surface area (Å²) in [7, 11) is 0. The molecule has 0 saturated carbocycles. The van der Waals surface area contributed by atoms with Gasteiger partial charge in [-0.3, -0.25) is 0 Å². The molecule has 0 aromatic rings. The van der Waals surface area contributed by atoms with Gasteiger partial charge in [-0.05, 0) is 0 Å². The van der Waals surface area contributed by atoms with Crippen molar-refractivity contribution in [1.29, 1.82) is 0 Å². The van der Waals surface area contributed by atoms with Crippen molar-refractivity contribution in [1.82, 2.24) is 0 Å². The van der Waals surface area contributed by atoms with E-state index < -0.39 is 0 Å². The molecule has 0 aromatic carbocycles. The van der Waals surface area contributed by atoms with Crippen LogP contribution in [-0.4, -0.2) is 132 Å². The van der Waals surface area contributed by atoms with E-state index in [9.17, 15) is 0 Å². The third kappa shape index (κ3) is 70.0. The molecular weight excluding hydrogens is 1160 g/mol. The first-order valence-corrected chi connectivity index (χ1v) is 29.9. The van der Waals surface area contributed by atoms with Crippen molar-refractivity contribution in [2.75, 3.05) is 0 Å². The number of hydrogen-bond donors (Lipinski definition) is 0. The van der Waals surface area contributed by atoms with Crippen LogP contribution in [0.2, 0.25) is 34.0 Å². The van der Waals surface area contributed by atoms with Gasteiger partial charge in [0.05, 0.1) is 0 Å². The van der Waals surface area contributed by atoms with Crippen molar-refractivity contribution < 1.29 is 0 Å². The summed E-state index contributed by atoms with van der Waals surface area (Å²) in [5.41, 5.74) is 0. The van der Waals surface area contributed by atoms with Gasteiger partial charge in [0.15, 0.2) is 0 Å². The maximum absolute atomic E-state index is 2.26. The summed E-state index contributed by atoms with van der Waals surface area (Å²) in [4.78, 5) is 0. The molecule has 0 heterocycles. The van der Waals surface area contributed by atoms with Gasteiger partial charge in [-0.2, -0.15) is 0 Å². The van der Waals surface area contributed by atoms with Gasteiger partial charge < -0.3 is 0 Å². The normalized spacial score (nSPS) is 12.9. The summed E-state index contributed by atoms with van der Waals surface area (Å²) >= 11 is 18.1. The van der Waals surface area contributed by atoms with Crippen molar-refractivity contribution in [3.05, 3.63) is 0 Å². The summed E-state index contributed by atoms with van der Waals surface area (Å²) in [5, 5.41) is 0. The maximum atomic E-state index is 2.26. The first kappa shape index (κ1) is 77.6. The van der Waals surface area contributed by atoms with Gasteiger partial charge in [0.25, 0.3) is 0 Å². The van der Waals surface area contributed by atoms with Gasteiger partial charge in [0.1, 0.15) is 0 Å². The van der Waals surface area contributed by atoms with Gasteiger partial charge in [-0.25, -0.2) is 0 Å². The quantitative estimate of drug-likeness (QED) is 0.213. The van der Waals surface area contributed by atoms with Gasteiger partial charge >= 0.3 is 435 Å². The predicted octanol–water partition coefficient (Wildman–Crippen LogP) is 16.1. The molecule has 0 aliphatic carbocycles. The molecule has 0 rings (SSSR count). The third-order valence-electron chi connectivity index (χ3n) is 11.5. The van der Waals surface area contributed by atoms with E-state index in [1.165, 1.54) is 0 Å². The third-order valence-corrected chi connectivity index (χ3v) is 21.2. The van der Waals surface area contributed by atoms with Crippen molar-refractivity contribution in [3.63, 3.8) is 0 Å². The van der Waals surface area contributed by atoms with Crippen LogP contribution >= 0.6 is 0 Å². The molecule has 0 saturated heterocycles. The van der Waals surface area contributed by atoms with Gasteiger partial charge in [0, 0.05) is 0 Å². The Morgan fingerprint density at radius 2 is 0.179 bits per heavy atom. The molecule has 0 nitrogen and oxygen atoms in total. The van der Waals surface area contributed by atoms with Crippen LogP contribution in [0.5, 0.6) is 0 Å². The summed E-state index contributed by atoms with van der Waals surface area (Å²) in [6.45, 7) is 72.2. The first-order chi connectivity index (χ1) is 23.5. The standard InChI is InChI=1S/8C6H13Ge/c8*1-5(2)6(3,4)7/h8*5H,1-4H3. The Hall–Kier alpha value is 4.34. The predicted molar refractivity (Wildman–Crippen MR) is 277 cm³/mol. The Kier molecular flexibility index (Phi) is 48.0. The molecule has 0 aliphatic rings. The van der Waals surface area contributed by atoms with E-state index in [0.717, 1.165) is 47.3 Å². The number of rotatable bonds is 8. The van der Waals surface area contributed by atoms with Crippen LogP contribution in [-0.2, 0) is 0 Å². The van der Waals surface area contributed by atoms with E-state index in [1.807, 2.05) is 0 Å². The topological polar surface area (TPSA) is 0 Å². The van der Waals surface area contributed by atoms with E-state index in [-0.39, 0.29) is 0 Å². The zero-order valence-corrected chi connectivity index (χ0v) is 61.4. The molecule has 0 bridgehead atoms. The molecule has 328 valence electrons. The molecular formula is C48H104Ge8. The Morgan fingerprint density at radius 3 is 0.179 bits per heavy atom. The van der Waals surface area contributed by atoms with Gasteiger partial charge in [0.2, 0.25) is 0 Å². The van der Waals surface area contributed by atoms with E-state index in [0.29, 0.717) is 34.0 Å². The summed E-state index contributed by atoms with van der Waals surface area (Å²) in [5.74, 6) is 6.39. The van der Waals surface area contributed by atoms with E-state index in [4.69, 9.17) is 0 Å². The van der Waals surface area contributed by atoms with E-state index >= 15 is 0 Å². The molecule has 0 atom stereocenters. The molecule has 0 spiro atoms. The second-order valence-corrected chi connectivity index (χ2v) is 44.6. The molecule has 8 heteroatoms. The van der Waals surface area contributed by atoms with Crippen molar-refractivity contribution in [3.8, 4) is 0 Å². The molecule has 0 amide bonds. The first-order valence-electron chi connectivity index (χ1n) is 21.5. The SMILES string of the molecule is CC(C)[C](C)(C)[Ge].CC(C)[C](C)(C)[Ge].CC(C)[C](C)(C)[Ge].CC(C)[C](C)(C)[Ge].CC(C)[C](C)(C)[Ge].CC(C)[C](C)(C)[Ge].CC(C)[C](C)(C)[Ge].CC(C)[C](C)(C)[Ge]. The zero-order chi connectivity index (χ0) is 48.6. The molecule has 0 aromatic heterocycles. The van der Waals surface area contributed by atoms with Crippen LogP contribution in [0.25, 0.3) is 0 Å². The van der Waals surface area contributed by atoms with Crippen LogP contribution in [0.15, 0.2) is 0 Å². The van der Waals surface area contributed by atoms with Crippen molar-refractivity contribution >= 4 is 132 Å². The number of hydrogen-bond acceptors (Lipinski definition) is 0. The van der Waals surface area contributed by atoms with Crippen molar-refractivity contribution in [2.45, 2.75) is 256 Å². The molecule has 0 aliphatic heterocycles. The second kappa shape index (κ2) is 34.7. The fraction of sp³-hybridized carbons (Fsp3) is 1.00. The minimum absolute atomic E-state index is 0.500. The van der Waals surface area contributed by atoms with Gasteiger partial charge in [-0.15, -0.1) is 0 Å². The molecule has 24 radical (unpaired) electrons. The fourth-order valence-electron chi connectivity index (χ4n) is 0. The molecule has 56 heavy (non-hydrogen) atoms. The Morgan fingerprint density at radius 1 is 0.161 bits per heavy atom. The summed E-state index contributed by atoms with van der Waals surface area (Å²) < 4.78 is 4.00. The van der Waals surface area contributed by atoms with Crippen LogP contribution in [0, 0.1) is 47.3 Å². The Balaban J connectivity index is -0.0000000784. The monoisotopic (exact) mass is 1270 g/mol. The van der Waals surface area contributed by atoms with Crippen LogP contribution in [0.3, 0.4) is 0 Å². The molecule has 0 unspecified atom stereocenters. The fourth-order valence-corrected chi connectivity index (χ4v) is 0. The van der Waals surface area contributed by atoms with Crippen LogP contribution in [0.1, 0.15) is 222 Å². The van der Waals surface area contributed by atoms with Crippen molar-refractivity contribution in [2.24, 2.45) is 47.3 Å². The average Bonchev–Trinajstić information content (AvgIpc) is 2.86. The average molecular weight is 1260 g/mol. The zero-order valence-electron chi connectivity index (χ0n) is 44.6. The van der Waals surface area contributed by atoms with E-state index in [2.05, 4.69) is 354 Å². The molecule has 0 fully saturated rings. The van der Waals surface area contributed by atoms with E-state index in [1.54, 1.807) is 0 Å². The summed E-state index contributed by atoms with van der Waals surface area (Å²) in [6.07, 6.45) is 0. The van der Waals surface area contributed by atoms with Gasteiger partial charge in [-0.1, -0.05) is 0 Å². The summed E-state index contributed by atoms with van der Waals surface area (Å²) in [6, 6.07) is 0. The van der Waals surface area contributed by atoms with Crippen LogP contribution < -0.4 is 0 Å². The van der Waals surface area contributed by atoms with Crippen LogP contribution in [0.4, 0.5) is 0 Å². The second-order valence-electron chi connectivity index (χ2n) is 23.0. The molecule has 0 N–H and O–H groups in total. The Labute approximate surface area is 430 Å². The minimum atomic E-state index is 0.500.